The van der Waals surface area contributed by atoms with Crippen LogP contribution in [0.25, 0.3) is 0 Å². The molecule has 3 rings (SSSR count). The zero-order valence-corrected chi connectivity index (χ0v) is 11.9. The van der Waals surface area contributed by atoms with Crippen LogP contribution in [0, 0.1) is 0 Å². The molecule has 3 aliphatic rings. The van der Waals surface area contributed by atoms with E-state index in [2.05, 4.69) is 5.32 Å². The molecular formula is C14H22N2O4. The molecule has 2 amide bonds. The van der Waals surface area contributed by atoms with E-state index >= 15 is 0 Å². The minimum Gasteiger partial charge on any atom is -0.378 e. The first-order chi connectivity index (χ1) is 9.59. The van der Waals surface area contributed by atoms with E-state index < -0.39 is 11.1 Å². The normalized spacial score (nSPS) is 33.0. The molecule has 1 spiro atoms. The summed E-state index contributed by atoms with van der Waals surface area (Å²) in [5.74, 6) is -0.00501. The van der Waals surface area contributed by atoms with Gasteiger partial charge in [-0.15, -0.1) is 0 Å². The summed E-state index contributed by atoms with van der Waals surface area (Å²) in [6, 6.07) is 0. The number of methoxy groups -OCH3 is 1. The summed E-state index contributed by atoms with van der Waals surface area (Å²) in [5, 5.41) is 2.92. The molecule has 6 nitrogen and oxygen atoms in total. The first kappa shape index (κ1) is 13.8. The Morgan fingerprint density at radius 2 is 2.05 bits per heavy atom. The van der Waals surface area contributed by atoms with Crippen LogP contribution in [0.1, 0.15) is 32.1 Å². The highest BCUT2D eigenvalue weighted by Crippen LogP contribution is 2.34. The maximum Gasteiger partial charge on any atom is 0.248 e. The van der Waals surface area contributed by atoms with Crippen LogP contribution in [-0.2, 0) is 19.1 Å². The lowest BCUT2D eigenvalue weighted by molar-refractivity contribution is -0.154. The Bertz CT molecular complexity index is 411. The van der Waals surface area contributed by atoms with E-state index in [4.69, 9.17) is 9.47 Å². The summed E-state index contributed by atoms with van der Waals surface area (Å²) in [6.07, 6.45) is 4.27. The molecule has 1 unspecified atom stereocenters. The second-order valence-corrected chi connectivity index (χ2v) is 6.19. The van der Waals surface area contributed by atoms with Gasteiger partial charge in [0.05, 0.1) is 19.7 Å². The van der Waals surface area contributed by atoms with Crippen molar-refractivity contribution in [2.24, 2.45) is 0 Å². The van der Waals surface area contributed by atoms with Gasteiger partial charge in [0.2, 0.25) is 11.8 Å². The van der Waals surface area contributed by atoms with Gasteiger partial charge >= 0.3 is 0 Å². The lowest BCUT2D eigenvalue weighted by atomic mass is 9.91. The molecule has 0 aromatic carbocycles. The van der Waals surface area contributed by atoms with E-state index in [-0.39, 0.29) is 18.4 Å². The summed E-state index contributed by atoms with van der Waals surface area (Å²) in [7, 11) is 1.65. The lowest BCUT2D eigenvalue weighted by Gasteiger charge is -2.42. The fourth-order valence-corrected chi connectivity index (χ4v) is 3.64. The highest BCUT2D eigenvalue weighted by atomic mass is 16.5. The number of carbonyl (C=O) groups excluding carboxylic acids is 2. The van der Waals surface area contributed by atoms with Crippen LogP contribution < -0.4 is 5.32 Å². The lowest BCUT2D eigenvalue weighted by Crippen LogP contribution is -2.67. The van der Waals surface area contributed by atoms with Crippen LogP contribution >= 0.6 is 0 Å². The van der Waals surface area contributed by atoms with Crippen molar-refractivity contribution in [1.29, 1.82) is 0 Å². The number of nitrogens with zero attached hydrogens (tertiary/aromatic N) is 1. The van der Waals surface area contributed by atoms with E-state index in [1.165, 1.54) is 0 Å². The Hall–Kier alpha value is -1.14. The predicted octanol–water partition coefficient (Wildman–Crippen LogP) is 0.0631. The van der Waals surface area contributed by atoms with Gasteiger partial charge in [-0.1, -0.05) is 12.8 Å². The molecule has 1 N–H and O–H groups in total. The van der Waals surface area contributed by atoms with Gasteiger partial charge in [-0.25, -0.2) is 0 Å². The van der Waals surface area contributed by atoms with Crippen molar-refractivity contribution in [2.45, 2.75) is 43.2 Å². The maximum absolute atomic E-state index is 12.8. The summed E-state index contributed by atoms with van der Waals surface area (Å²) < 4.78 is 11.0. The van der Waals surface area contributed by atoms with Crippen molar-refractivity contribution in [3.63, 3.8) is 0 Å². The van der Waals surface area contributed by atoms with Crippen molar-refractivity contribution in [3.8, 4) is 0 Å². The van der Waals surface area contributed by atoms with E-state index in [1.807, 2.05) is 0 Å². The summed E-state index contributed by atoms with van der Waals surface area (Å²) in [5.41, 5.74) is -1.10. The molecule has 2 aliphatic heterocycles. The van der Waals surface area contributed by atoms with Gasteiger partial charge in [-0.3, -0.25) is 9.59 Å². The van der Waals surface area contributed by atoms with Gasteiger partial charge in [-0.2, -0.15) is 0 Å². The Balaban J connectivity index is 1.78. The Kier molecular flexibility index (Phi) is 3.46. The third kappa shape index (κ3) is 2.20. The molecule has 0 aromatic rings. The minimum atomic E-state index is -0.649. The van der Waals surface area contributed by atoms with Gasteiger partial charge < -0.3 is 19.7 Å². The number of nitrogens with one attached hydrogen (secondary N) is 1. The van der Waals surface area contributed by atoms with E-state index in [1.54, 1.807) is 12.0 Å². The molecule has 20 heavy (non-hydrogen) atoms. The molecule has 0 bridgehead atoms. The molecule has 1 saturated carbocycles. The minimum absolute atomic E-state index is 0.0536. The zero-order chi connectivity index (χ0) is 14.2. The number of hydrogen-bond acceptors (Lipinski definition) is 4. The number of carbonyl (C=O) groups is 2. The van der Waals surface area contributed by atoms with Crippen LogP contribution in [0.15, 0.2) is 0 Å². The molecule has 0 aromatic heterocycles. The van der Waals surface area contributed by atoms with Crippen LogP contribution in [0.5, 0.6) is 0 Å². The van der Waals surface area contributed by atoms with Gasteiger partial charge in [0.1, 0.15) is 11.1 Å². The Morgan fingerprint density at radius 1 is 1.30 bits per heavy atom. The molecule has 3 fully saturated rings. The number of rotatable bonds is 3. The first-order valence-electron chi connectivity index (χ1n) is 7.33. The molecule has 1 aliphatic carbocycles. The van der Waals surface area contributed by atoms with Gasteiger partial charge in [0.15, 0.2) is 0 Å². The van der Waals surface area contributed by atoms with Crippen LogP contribution in [0.3, 0.4) is 0 Å². The first-order valence-corrected chi connectivity index (χ1v) is 7.33. The molecular weight excluding hydrogens is 260 g/mol. The number of ether oxygens (including phenoxy) is 2. The summed E-state index contributed by atoms with van der Waals surface area (Å²) >= 11 is 0. The third-order valence-corrected chi connectivity index (χ3v) is 4.85. The average Bonchev–Trinajstić information content (AvgIpc) is 3.06. The van der Waals surface area contributed by atoms with Crippen molar-refractivity contribution in [2.75, 3.05) is 33.4 Å². The Morgan fingerprint density at radius 3 is 2.65 bits per heavy atom. The SMILES string of the molecule is COC1(CN2CC(=O)NC3(CCCC3)C2=O)CCOC1. The van der Waals surface area contributed by atoms with Crippen molar-refractivity contribution < 1.29 is 19.1 Å². The quantitative estimate of drug-likeness (QED) is 0.795. The fraction of sp³-hybridized carbons (Fsp3) is 0.857. The molecule has 0 radical (unpaired) electrons. The zero-order valence-electron chi connectivity index (χ0n) is 11.9. The molecule has 2 saturated heterocycles. The van der Waals surface area contributed by atoms with E-state index in [9.17, 15) is 9.59 Å². The smallest absolute Gasteiger partial charge is 0.248 e. The second-order valence-electron chi connectivity index (χ2n) is 6.19. The largest absolute Gasteiger partial charge is 0.378 e. The fourth-order valence-electron chi connectivity index (χ4n) is 3.64. The summed E-state index contributed by atoms with van der Waals surface area (Å²) in [4.78, 5) is 26.4. The standard InChI is InChI=1S/C14H22N2O4/c1-19-13(6-7-20-10-13)9-16-8-11(17)15-14(12(16)18)4-2-3-5-14/h2-10H2,1H3,(H,15,17). The monoisotopic (exact) mass is 282 g/mol. The van der Waals surface area contributed by atoms with Crippen molar-refractivity contribution >= 4 is 11.8 Å². The number of amides is 2. The molecule has 2 heterocycles. The highest BCUT2D eigenvalue weighted by molar-refractivity contribution is 5.98. The van der Waals surface area contributed by atoms with Gasteiger partial charge in [0.25, 0.3) is 0 Å². The van der Waals surface area contributed by atoms with Crippen LogP contribution in [-0.4, -0.2) is 61.3 Å². The number of piperazine rings is 1. The maximum atomic E-state index is 12.8. The third-order valence-electron chi connectivity index (χ3n) is 4.85. The highest BCUT2D eigenvalue weighted by Gasteiger charge is 2.50. The van der Waals surface area contributed by atoms with E-state index in [0.29, 0.717) is 19.8 Å². The van der Waals surface area contributed by atoms with Gasteiger partial charge in [-0.05, 0) is 12.8 Å². The predicted molar refractivity (Wildman–Crippen MR) is 71.1 cm³/mol. The molecule has 1 atom stereocenters. The molecule has 6 heteroatoms. The molecule has 112 valence electrons. The van der Waals surface area contributed by atoms with Gasteiger partial charge in [0, 0.05) is 20.1 Å². The van der Waals surface area contributed by atoms with Crippen LogP contribution in [0.2, 0.25) is 0 Å². The Labute approximate surface area is 118 Å². The average molecular weight is 282 g/mol. The number of hydrogen-bond donors (Lipinski definition) is 1. The second kappa shape index (κ2) is 5.00. The van der Waals surface area contributed by atoms with E-state index in [0.717, 1.165) is 32.1 Å². The van der Waals surface area contributed by atoms with Crippen molar-refractivity contribution in [1.82, 2.24) is 10.2 Å². The van der Waals surface area contributed by atoms with Crippen LogP contribution in [0.4, 0.5) is 0 Å². The topological polar surface area (TPSA) is 67.9 Å². The summed E-state index contributed by atoms with van der Waals surface area (Å²) in [6.45, 7) is 1.71. The van der Waals surface area contributed by atoms with Crippen molar-refractivity contribution in [3.05, 3.63) is 0 Å².